The fourth-order valence-corrected chi connectivity index (χ4v) is 4.84. The lowest BCUT2D eigenvalue weighted by Crippen LogP contribution is -2.35. The van der Waals surface area contributed by atoms with Crippen molar-refractivity contribution in [1.82, 2.24) is 4.90 Å². The molecule has 2 aromatic carbocycles. The quantitative estimate of drug-likeness (QED) is 0.689. The molecule has 6 nitrogen and oxygen atoms in total. The van der Waals surface area contributed by atoms with E-state index in [1.165, 1.54) is 33.9 Å². The molecule has 1 atom stereocenters. The summed E-state index contributed by atoms with van der Waals surface area (Å²) in [7, 11) is 0. The second-order valence-electron chi connectivity index (χ2n) is 7.92. The minimum atomic E-state index is -0.484. The molecule has 1 fully saturated rings. The third-order valence-corrected chi connectivity index (χ3v) is 6.81. The molecule has 2 aromatic rings. The third-order valence-electron chi connectivity index (χ3n) is 6.04. The zero-order valence-corrected chi connectivity index (χ0v) is 18.3. The lowest BCUT2D eigenvalue weighted by atomic mass is 9.99. The van der Waals surface area contributed by atoms with Crippen LogP contribution in [0.2, 0.25) is 0 Å². The summed E-state index contributed by atoms with van der Waals surface area (Å²) in [4.78, 5) is 18.9. The Bertz CT molecular complexity index is 1090. The smallest absolute Gasteiger partial charge is 0.416 e. The van der Waals surface area contributed by atoms with Crippen LogP contribution in [0.3, 0.4) is 0 Å². The van der Waals surface area contributed by atoms with E-state index < -0.39 is 12.3 Å². The van der Waals surface area contributed by atoms with Crippen molar-refractivity contribution in [3.63, 3.8) is 0 Å². The summed E-state index contributed by atoms with van der Waals surface area (Å²) >= 11 is 1.35. The first kappa shape index (κ1) is 20.9. The number of amides is 1. The molecule has 8 heteroatoms. The molecule has 1 saturated heterocycles. The monoisotopic (exact) mass is 453 g/mol. The average molecular weight is 454 g/mol. The van der Waals surface area contributed by atoms with Crippen molar-refractivity contribution in [1.29, 1.82) is 0 Å². The summed E-state index contributed by atoms with van der Waals surface area (Å²) in [6.45, 7) is 2.32. The molecule has 0 radical (unpaired) electrons. The molecule has 0 unspecified atom stereocenters. The van der Waals surface area contributed by atoms with Gasteiger partial charge >= 0.3 is 6.09 Å². The number of cyclic esters (lactones) is 1. The normalized spacial score (nSPS) is 20.3. The molecule has 3 aliphatic rings. The summed E-state index contributed by atoms with van der Waals surface area (Å²) < 4.78 is 20.6. The number of thioether (sulfide) groups is 1. The number of carbonyl (C=O) groups excluding carboxylic acids is 1. The average Bonchev–Trinajstić information content (AvgIpc) is 3.21. The van der Waals surface area contributed by atoms with Crippen LogP contribution < -0.4 is 9.80 Å². The Morgan fingerprint density at radius 3 is 2.78 bits per heavy atom. The van der Waals surface area contributed by atoms with Gasteiger partial charge in [-0.05, 0) is 41.8 Å². The van der Waals surface area contributed by atoms with E-state index in [1.807, 2.05) is 40.3 Å². The van der Waals surface area contributed by atoms with Gasteiger partial charge in [-0.3, -0.25) is 4.90 Å². The molecule has 166 valence electrons. The standard InChI is InChI=1S/C24H24FN3O3S/c25-21-13-19(5-6-22(21)27-10-7-17-3-1-2-4-18(17)14-27)28-15-23(31-24(28)30)26-11-8-20(9-12-26)32-16-29/h1-6,8-9,11,13,23,29H,7,10,12,14-16H2/t23-/m0/s1. The summed E-state index contributed by atoms with van der Waals surface area (Å²) in [5.41, 5.74) is 3.57. The van der Waals surface area contributed by atoms with Crippen LogP contribution in [0.4, 0.5) is 20.6 Å². The first-order valence-corrected chi connectivity index (χ1v) is 11.6. The van der Waals surface area contributed by atoms with Crippen LogP contribution in [-0.4, -0.2) is 47.9 Å². The van der Waals surface area contributed by atoms with Crippen LogP contribution in [0, 0.1) is 5.82 Å². The fraction of sp³-hybridized carbons (Fsp3) is 0.292. The van der Waals surface area contributed by atoms with E-state index in [0.29, 0.717) is 31.0 Å². The van der Waals surface area contributed by atoms with Gasteiger partial charge in [-0.2, -0.15) is 0 Å². The number of anilines is 2. The molecule has 3 aliphatic heterocycles. The Hall–Kier alpha value is -2.97. The van der Waals surface area contributed by atoms with Crippen molar-refractivity contribution in [2.24, 2.45) is 0 Å². The van der Waals surface area contributed by atoms with Crippen molar-refractivity contribution in [3.8, 4) is 0 Å². The molecular formula is C24H24FN3O3S. The number of aliphatic hydroxyl groups is 1. The van der Waals surface area contributed by atoms with Crippen LogP contribution >= 0.6 is 11.8 Å². The van der Waals surface area contributed by atoms with Gasteiger partial charge in [-0.25, -0.2) is 9.18 Å². The van der Waals surface area contributed by atoms with Crippen LogP contribution in [0.15, 0.2) is 65.7 Å². The highest BCUT2D eigenvalue weighted by Gasteiger charge is 2.36. The molecule has 1 amide bonds. The highest BCUT2D eigenvalue weighted by Crippen LogP contribution is 2.32. The Morgan fingerprint density at radius 2 is 2.03 bits per heavy atom. The van der Waals surface area contributed by atoms with E-state index in [4.69, 9.17) is 9.84 Å². The number of hydrogen-bond acceptors (Lipinski definition) is 6. The topological polar surface area (TPSA) is 56.2 Å². The molecule has 0 saturated carbocycles. The van der Waals surface area contributed by atoms with Gasteiger partial charge in [0.2, 0.25) is 0 Å². The lowest BCUT2D eigenvalue weighted by Gasteiger charge is -2.31. The maximum absolute atomic E-state index is 15.1. The largest absolute Gasteiger partial charge is 0.423 e. The SMILES string of the molecule is O=C1O[C@H](N2C=CC(SCO)=CC2)CN1c1ccc(N2CCc3ccccc3C2)c(F)c1. The van der Waals surface area contributed by atoms with Crippen LogP contribution in [-0.2, 0) is 17.7 Å². The van der Waals surface area contributed by atoms with Gasteiger partial charge in [0.05, 0.1) is 23.9 Å². The van der Waals surface area contributed by atoms with Gasteiger partial charge in [-0.1, -0.05) is 42.1 Å². The van der Waals surface area contributed by atoms with E-state index in [0.717, 1.165) is 17.9 Å². The van der Waals surface area contributed by atoms with Gasteiger partial charge in [0.15, 0.2) is 6.23 Å². The molecule has 5 rings (SSSR count). The summed E-state index contributed by atoms with van der Waals surface area (Å²) in [5.74, 6) is -0.321. The number of ether oxygens (including phenoxy) is 1. The molecule has 0 aromatic heterocycles. The van der Waals surface area contributed by atoms with E-state index in [1.54, 1.807) is 12.1 Å². The number of hydrogen-bond donors (Lipinski definition) is 1. The number of halogens is 1. The van der Waals surface area contributed by atoms with Crippen molar-refractivity contribution in [2.75, 3.05) is 35.4 Å². The van der Waals surface area contributed by atoms with Crippen LogP contribution in [0.5, 0.6) is 0 Å². The number of aliphatic hydroxyl groups excluding tert-OH is 1. The van der Waals surface area contributed by atoms with Gasteiger partial charge in [0.25, 0.3) is 0 Å². The Morgan fingerprint density at radius 1 is 1.19 bits per heavy atom. The predicted octanol–water partition coefficient (Wildman–Crippen LogP) is 4.07. The molecule has 0 aliphatic carbocycles. The maximum atomic E-state index is 15.1. The summed E-state index contributed by atoms with van der Waals surface area (Å²) in [6, 6.07) is 13.2. The molecule has 3 heterocycles. The number of rotatable bonds is 5. The maximum Gasteiger partial charge on any atom is 0.416 e. The van der Waals surface area contributed by atoms with Crippen molar-refractivity contribution in [2.45, 2.75) is 19.2 Å². The Balaban J connectivity index is 1.27. The Labute approximate surface area is 190 Å². The fourth-order valence-electron chi connectivity index (χ4n) is 4.34. The molecule has 32 heavy (non-hydrogen) atoms. The molecule has 0 spiro atoms. The first-order chi connectivity index (χ1) is 15.6. The summed E-state index contributed by atoms with van der Waals surface area (Å²) in [6.07, 6.45) is 5.67. The van der Waals surface area contributed by atoms with E-state index in [2.05, 4.69) is 12.1 Å². The highest BCUT2D eigenvalue weighted by atomic mass is 32.2. The zero-order valence-electron chi connectivity index (χ0n) is 17.5. The summed E-state index contributed by atoms with van der Waals surface area (Å²) in [5, 5.41) is 9.02. The number of carbonyl (C=O) groups is 1. The van der Waals surface area contributed by atoms with Gasteiger partial charge in [0.1, 0.15) is 5.82 Å². The Kier molecular flexibility index (Phi) is 5.80. The second kappa shape index (κ2) is 8.88. The van der Waals surface area contributed by atoms with Gasteiger partial charge < -0.3 is 19.6 Å². The van der Waals surface area contributed by atoms with Crippen molar-refractivity contribution >= 4 is 29.2 Å². The van der Waals surface area contributed by atoms with E-state index in [9.17, 15) is 4.79 Å². The number of allylic oxidation sites excluding steroid dienone is 1. The number of benzene rings is 2. The minimum absolute atomic E-state index is 0.0217. The van der Waals surface area contributed by atoms with Crippen molar-refractivity contribution < 1.29 is 19.0 Å². The molecular weight excluding hydrogens is 429 g/mol. The van der Waals surface area contributed by atoms with Crippen molar-refractivity contribution in [3.05, 3.63) is 82.7 Å². The molecule has 1 N–H and O–H groups in total. The van der Waals surface area contributed by atoms with Gasteiger partial charge in [-0.15, -0.1) is 0 Å². The van der Waals surface area contributed by atoms with Crippen LogP contribution in [0.25, 0.3) is 0 Å². The highest BCUT2D eigenvalue weighted by molar-refractivity contribution is 8.03. The number of nitrogens with zero attached hydrogens (tertiary/aromatic N) is 3. The van der Waals surface area contributed by atoms with E-state index in [-0.39, 0.29) is 11.8 Å². The third kappa shape index (κ3) is 4.08. The van der Waals surface area contributed by atoms with Gasteiger partial charge in [0, 0.05) is 30.7 Å². The second-order valence-corrected chi connectivity index (χ2v) is 8.94. The van der Waals surface area contributed by atoms with Crippen LogP contribution in [0.1, 0.15) is 11.1 Å². The zero-order chi connectivity index (χ0) is 22.1. The first-order valence-electron chi connectivity index (χ1n) is 10.6. The van der Waals surface area contributed by atoms with E-state index >= 15 is 4.39 Å². The lowest BCUT2D eigenvalue weighted by molar-refractivity contribution is 0.0584. The number of fused-ring (bicyclic) bond motifs is 1. The minimum Gasteiger partial charge on any atom is -0.423 e. The predicted molar refractivity (Wildman–Crippen MR) is 124 cm³/mol. The molecule has 0 bridgehead atoms.